The molecule has 2 atom stereocenters. The van der Waals surface area contributed by atoms with E-state index in [-0.39, 0.29) is 36.8 Å². The van der Waals surface area contributed by atoms with Crippen molar-refractivity contribution in [3.63, 3.8) is 0 Å². The van der Waals surface area contributed by atoms with Crippen molar-refractivity contribution in [2.75, 3.05) is 51.4 Å². The minimum atomic E-state index is -0.213. The molecule has 0 saturated carbocycles. The largest absolute Gasteiger partial charge is 0.495 e. The fourth-order valence-corrected chi connectivity index (χ4v) is 3.21. The van der Waals surface area contributed by atoms with Crippen LogP contribution in [0.25, 0.3) is 0 Å². The predicted molar refractivity (Wildman–Crippen MR) is 103 cm³/mol. The zero-order valence-corrected chi connectivity index (χ0v) is 16.0. The molecule has 6 nitrogen and oxygen atoms in total. The molecule has 25 heavy (non-hydrogen) atoms. The smallest absolute Gasteiger partial charge is 0.239 e. The van der Waals surface area contributed by atoms with Gasteiger partial charge in [-0.1, -0.05) is 12.1 Å². The highest BCUT2D eigenvalue weighted by molar-refractivity contribution is 5.85. The van der Waals surface area contributed by atoms with Crippen LogP contribution in [0.4, 0.5) is 5.69 Å². The zero-order valence-electron chi connectivity index (χ0n) is 14.4. The number of rotatable bonds is 5. The lowest BCUT2D eigenvalue weighted by atomic mass is 10.1. The van der Waals surface area contributed by atoms with E-state index in [1.807, 2.05) is 18.2 Å². The first-order chi connectivity index (χ1) is 11.3. The van der Waals surface area contributed by atoms with Crippen molar-refractivity contribution in [3.8, 4) is 5.75 Å². The van der Waals surface area contributed by atoms with Crippen molar-refractivity contribution in [2.45, 2.75) is 12.5 Å². The van der Waals surface area contributed by atoms with Crippen LogP contribution in [0.15, 0.2) is 24.3 Å². The molecule has 142 valence electrons. The van der Waals surface area contributed by atoms with E-state index in [0.717, 1.165) is 37.5 Å². The number of anilines is 1. The molecular weight excluding hydrogens is 365 g/mol. The molecule has 8 heteroatoms. The number of ether oxygens (including phenoxy) is 2. The van der Waals surface area contributed by atoms with Gasteiger partial charge in [-0.3, -0.25) is 4.79 Å². The first-order valence-corrected chi connectivity index (χ1v) is 8.24. The highest BCUT2D eigenvalue weighted by atomic mass is 35.5. The molecule has 1 aromatic carbocycles. The van der Waals surface area contributed by atoms with Gasteiger partial charge in [-0.25, -0.2) is 0 Å². The number of nitrogens with one attached hydrogen (secondary N) is 2. The van der Waals surface area contributed by atoms with Crippen molar-refractivity contribution in [2.24, 2.45) is 5.92 Å². The SMILES string of the molecule is COc1ccccc1N1CCC(CNC(=O)C2COCCN2)C1.Cl.Cl. The summed E-state index contributed by atoms with van der Waals surface area (Å²) in [6.45, 7) is 4.52. The van der Waals surface area contributed by atoms with Gasteiger partial charge in [0.1, 0.15) is 11.8 Å². The molecule has 2 heterocycles. The molecule has 0 aromatic heterocycles. The minimum Gasteiger partial charge on any atom is -0.495 e. The lowest BCUT2D eigenvalue weighted by molar-refractivity contribution is -0.126. The Morgan fingerprint density at radius 2 is 2.20 bits per heavy atom. The Bertz CT molecular complexity index is 542. The third kappa shape index (κ3) is 5.64. The Morgan fingerprint density at radius 1 is 1.40 bits per heavy atom. The van der Waals surface area contributed by atoms with Gasteiger partial charge in [0.05, 0.1) is 26.0 Å². The number of amides is 1. The summed E-state index contributed by atoms with van der Waals surface area (Å²) >= 11 is 0. The van der Waals surface area contributed by atoms with E-state index >= 15 is 0 Å². The Hall–Kier alpha value is -1.21. The Labute approximate surface area is 161 Å². The van der Waals surface area contributed by atoms with E-state index < -0.39 is 0 Å². The second kappa shape index (κ2) is 10.7. The molecule has 1 aromatic rings. The number of hydrogen-bond donors (Lipinski definition) is 2. The number of hydrogen-bond acceptors (Lipinski definition) is 5. The number of halogens is 2. The zero-order chi connectivity index (χ0) is 16.1. The van der Waals surface area contributed by atoms with Crippen molar-refractivity contribution in [3.05, 3.63) is 24.3 Å². The number of benzene rings is 1. The molecule has 0 aliphatic carbocycles. The van der Waals surface area contributed by atoms with Gasteiger partial charge in [0.15, 0.2) is 0 Å². The lowest BCUT2D eigenvalue weighted by Crippen LogP contribution is -2.52. The van der Waals surface area contributed by atoms with Crippen LogP contribution in [0.2, 0.25) is 0 Å². The summed E-state index contributed by atoms with van der Waals surface area (Å²) < 4.78 is 10.8. The number of morpholine rings is 1. The third-order valence-electron chi connectivity index (χ3n) is 4.51. The highest BCUT2D eigenvalue weighted by Gasteiger charge is 2.26. The molecule has 2 N–H and O–H groups in total. The fourth-order valence-electron chi connectivity index (χ4n) is 3.21. The van der Waals surface area contributed by atoms with Gasteiger partial charge in [0.25, 0.3) is 0 Å². The van der Waals surface area contributed by atoms with Gasteiger partial charge in [-0.15, -0.1) is 24.8 Å². The van der Waals surface area contributed by atoms with Crippen LogP contribution in [0, 0.1) is 5.92 Å². The first-order valence-electron chi connectivity index (χ1n) is 8.24. The van der Waals surface area contributed by atoms with Crippen LogP contribution in [0.1, 0.15) is 6.42 Å². The normalized spacial score (nSPS) is 22.5. The van der Waals surface area contributed by atoms with Crippen LogP contribution in [-0.2, 0) is 9.53 Å². The van der Waals surface area contributed by atoms with Crippen LogP contribution in [-0.4, -0.2) is 58.5 Å². The van der Waals surface area contributed by atoms with E-state index in [9.17, 15) is 4.79 Å². The van der Waals surface area contributed by atoms with Gasteiger partial charge >= 0.3 is 0 Å². The van der Waals surface area contributed by atoms with Gasteiger partial charge < -0.3 is 25.0 Å². The second-order valence-electron chi connectivity index (χ2n) is 6.10. The third-order valence-corrected chi connectivity index (χ3v) is 4.51. The summed E-state index contributed by atoms with van der Waals surface area (Å²) in [7, 11) is 1.70. The number of para-hydroxylation sites is 2. The van der Waals surface area contributed by atoms with Crippen LogP contribution < -0.4 is 20.3 Å². The lowest BCUT2D eigenvalue weighted by Gasteiger charge is -2.24. The summed E-state index contributed by atoms with van der Waals surface area (Å²) in [6, 6.07) is 7.87. The van der Waals surface area contributed by atoms with E-state index in [1.54, 1.807) is 7.11 Å². The molecule has 0 spiro atoms. The molecule has 2 aliphatic heterocycles. The molecule has 2 aliphatic rings. The summed E-state index contributed by atoms with van der Waals surface area (Å²) in [5, 5.41) is 6.24. The quantitative estimate of drug-likeness (QED) is 0.795. The Balaban J connectivity index is 0.00000156. The molecule has 2 saturated heterocycles. The second-order valence-corrected chi connectivity index (χ2v) is 6.10. The van der Waals surface area contributed by atoms with Crippen molar-refractivity contribution >= 4 is 36.4 Å². The van der Waals surface area contributed by atoms with Crippen molar-refractivity contribution in [1.29, 1.82) is 0 Å². The molecule has 2 unspecified atom stereocenters. The van der Waals surface area contributed by atoms with Crippen LogP contribution >= 0.6 is 24.8 Å². The maximum Gasteiger partial charge on any atom is 0.239 e. The molecular formula is C17H27Cl2N3O3. The van der Waals surface area contributed by atoms with E-state index in [0.29, 0.717) is 25.7 Å². The van der Waals surface area contributed by atoms with Gasteiger partial charge in [-0.2, -0.15) is 0 Å². The molecule has 1 amide bonds. The number of carbonyl (C=O) groups is 1. The Morgan fingerprint density at radius 3 is 2.92 bits per heavy atom. The van der Waals surface area contributed by atoms with Crippen LogP contribution in [0.5, 0.6) is 5.75 Å². The van der Waals surface area contributed by atoms with E-state index in [1.165, 1.54) is 0 Å². The summed E-state index contributed by atoms with van der Waals surface area (Å²) in [5.41, 5.74) is 1.13. The van der Waals surface area contributed by atoms with Gasteiger partial charge in [0, 0.05) is 26.2 Å². The Kier molecular flexibility index (Phi) is 9.35. The summed E-state index contributed by atoms with van der Waals surface area (Å²) in [6.07, 6.45) is 1.08. The molecule has 2 fully saturated rings. The van der Waals surface area contributed by atoms with Crippen molar-refractivity contribution < 1.29 is 14.3 Å². The molecule has 0 bridgehead atoms. The van der Waals surface area contributed by atoms with Gasteiger partial charge in [-0.05, 0) is 24.5 Å². The monoisotopic (exact) mass is 391 g/mol. The summed E-state index contributed by atoms with van der Waals surface area (Å²) in [4.78, 5) is 14.5. The van der Waals surface area contributed by atoms with E-state index in [4.69, 9.17) is 9.47 Å². The standard InChI is InChI=1S/C17H25N3O3.2ClH/c1-22-16-5-3-2-4-15(16)20-8-6-13(11-20)10-19-17(21)14-12-23-9-7-18-14;;/h2-5,13-14,18H,6-12H2,1H3,(H,19,21);2*1H. The van der Waals surface area contributed by atoms with E-state index in [2.05, 4.69) is 21.6 Å². The van der Waals surface area contributed by atoms with Gasteiger partial charge in [0.2, 0.25) is 5.91 Å². The maximum atomic E-state index is 12.1. The molecule has 0 radical (unpaired) electrons. The number of nitrogens with zero attached hydrogens (tertiary/aromatic N) is 1. The minimum absolute atomic E-state index is 0. The predicted octanol–water partition coefficient (Wildman–Crippen LogP) is 1.47. The topological polar surface area (TPSA) is 62.8 Å². The molecule has 3 rings (SSSR count). The first kappa shape index (κ1) is 21.8. The average Bonchev–Trinajstić information content (AvgIpc) is 3.09. The van der Waals surface area contributed by atoms with Crippen LogP contribution in [0.3, 0.4) is 0 Å². The average molecular weight is 392 g/mol. The summed E-state index contributed by atoms with van der Waals surface area (Å²) in [5.74, 6) is 1.41. The van der Waals surface area contributed by atoms with Crippen molar-refractivity contribution in [1.82, 2.24) is 10.6 Å². The highest BCUT2D eigenvalue weighted by Crippen LogP contribution is 2.31. The fraction of sp³-hybridized carbons (Fsp3) is 0.588. The number of carbonyl (C=O) groups excluding carboxylic acids is 1. The number of methoxy groups -OCH3 is 1. The maximum absolute atomic E-state index is 12.1.